The van der Waals surface area contributed by atoms with E-state index in [1.807, 2.05) is 31.2 Å². The van der Waals surface area contributed by atoms with Crippen LogP contribution in [0.15, 0.2) is 24.3 Å². The molecule has 1 unspecified atom stereocenters. The van der Waals surface area contributed by atoms with E-state index in [0.717, 1.165) is 11.1 Å². The maximum atomic E-state index is 12.1. The molecule has 0 fully saturated rings. The Hall–Kier alpha value is -1.00. The highest BCUT2D eigenvalue weighted by Crippen LogP contribution is 2.18. The van der Waals surface area contributed by atoms with E-state index < -0.39 is 13.0 Å². The van der Waals surface area contributed by atoms with Gasteiger partial charge in [0.05, 0.1) is 6.10 Å². The van der Waals surface area contributed by atoms with Gasteiger partial charge in [-0.25, -0.2) is 8.78 Å². The molecule has 0 radical (unpaired) electrons. The van der Waals surface area contributed by atoms with Gasteiger partial charge in [0.2, 0.25) is 0 Å². The van der Waals surface area contributed by atoms with E-state index in [9.17, 15) is 8.78 Å². The first-order valence-electron chi connectivity index (χ1n) is 5.24. The summed E-state index contributed by atoms with van der Waals surface area (Å²) in [5.74, 6) is 0. The van der Waals surface area contributed by atoms with Crippen LogP contribution in [0.5, 0.6) is 0 Å². The predicted octanol–water partition coefficient (Wildman–Crippen LogP) is 2.54. The fourth-order valence-corrected chi connectivity index (χ4v) is 1.43. The second-order valence-corrected chi connectivity index (χ2v) is 3.68. The summed E-state index contributed by atoms with van der Waals surface area (Å²) in [5.41, 5.74) is 2.06. The molecule has 0 aromatic heterocycles. The molecule has 90 valence electrons. The molecule has 0 aliphatic rings. The van der Waals surface area contributed by atoms with Gasteiger partial charge in [-0.1, -0.05) is 29.8 Å². The van der Waals surface area contributed by atoms with Gasteiger partial charge >= 0.3 is 0 Å². The normalized spacial score (nSPS) is 13.1. The van der Waals surface area contributed by atoms with Crippen molar-refractivity contribution < 1.29 is 13.5 Å². The van der Waals surface area contributed by atoms with Gasteiger partial charge < -0.3 is 10.1 Å². The first-order valence-corrected chi connectivity index (χ1v) is 5.24. The van der Waals surface area contributed by atoms with Crippen LogP contribution in [0.1, 0.15) is 17.2 Å². The largest absolute Gasteiger partial charge is 0.366 e. The molecule has 4 heteroatoms. The lowest BCUT2D eigenvalue weighted by atomic mass is 10.1. The summed E-state index contributed by atoms with van der Waals surface area (Å²) in [7, 11) is 1.77. The summed E-state index contributed by atoms with van der Waals surface area (Å²) in [5, 5.41) is 2.93. The van der Waals surface area contributed by atoms with E-state index in [0.29, 0.717) is 6.54 Å². The number of aryl methyl sites for hydroxylation is 1. The monoisotopic (exact) mass is 229 g/mol. The van der Waals surface area contributed by atoms with Gasteiger partial charge in [0.15, 0.2) is 0 Å². The minimum absolute atomic E-state index is 0.320. The molecule has 1 aromatic rings. The molecule has 0 heterocycles. The second kappa shape index (κ2) is 6.55. The minimum Gasteiger partial charge on any atom is -0.366 e. The smallest absolute Gasteiger partial charge is 0.261 e. The lowest BCUT2D eigenvalue weighted by molar-refractivity contribution is -0.0240. The van der Waals surface area contributed by atoms with Crippen molar-refractivity contribution in [2.45, 2.75) is 19.5 Å². The van der Waals surface area contributed by atoms with E-state index in [-0.39, 0.29) is 6.10 Å². The van der Waals surface area contributed by atoms with Gasteiger partial charge in [-0.2, -0.15) is 0 Å². The molecule has 0 amide bonds. The van der Waals surface area contributed by atoms with Crippen molar-refractivity contribution in [1.29, 1.82) is 0 Å². The van der Waals surface area contributed by atoms with Gasteiger partial charge in [-0.15, -0.1) is 0 Å². The molecule has 0 saturated heterocycles. The molecule has 1 N–H and O–H groups in total. The third-order valence-corrected chi connectivity index (χ3v) is 2.26. The van der Waals surface area contributed by atoms with Gasteiger partial charge in [-0.05, 0) is 19.5 Å². The number of ether oxygens (including phenoxy) is 1. The molecule has 1 atom stereocenters. The van der Waals surface area contributed by atoms with Crippen molar-refractivity contribution in [2.75, 3.05) is 20.2 Å². The zero-order valence-corrected chi connectivity index (χ0v) is 9.54. The highest BCUT2D eigenvalue weighted by molar-refractivity contribution is 5.23. The Kier molecular flexibility index (Phi) is 5.35. The Morgan fingerprint density at radius 3 is 2.38 bits per heavy atom. The third-order valence-electron chi connectivity index (χ3n) is 2.26. The van der Waals surface area contributed by atoms with E-state index >= 15 is 0 Å². The van der Waals surface area contributed by atoms with Crippen LogP contribution in [0.4, 0.5) is 8.78 Å². The average Bonchev–Trinajstić information content (AvgIpc) is 2.25. The molecule has 0 saturated carbocycles. The van der Waals surface area contributed by atoms with E-state index in [1.165, 1.54) is 0 Å². The van der Waals surface area contributed by atoms with Crippen LogP contribution >= 0.6 is 0 Å². The number of hydrogen-bond acceptors (Lipinski definition) is 2. The Bertz CT molecular complexity index is 300. The van der Waals surface area contributed by atoms with Crippen molar-refractivity contribution in [1.82, 2.24) is 5.32 Å². The summed E-state index contributed by atoms with van der Waals surface area (Å²) in [6, 6.07) is 7.71. The molecule has 0 aliphatic heterocycles. The second-order valence-electron chi connectivity index (χ2n) is 3.68. The topological polar surface area (TPSA) is 21.3 Å². The number of nitrogens with one attached hydrogen (secondary N) is 1. The summed E-state index contributed by atoms with van der Waals surface area (Å²) in [6.07, 6.45) is -2.75. The first kappa shape index (κ1) is 13.1. The first-order chi connectivity index (χ1) is 7.63. The molecule has 0 aliphatic carbocycles. The lowest BCUT2D eigenvalue weighted by Gasteiger charge is -2.18. The van der Waals surface area contributed by atoms with Gasteiger partial charge in [0.25, 0.3) is 6.43 Å². The quantitative estimate of drug-likeness (QED) is 0.809. The van der Waals surface area contributed by atoms with Crippen LogP contribution in [-0.2, 0) is 4.74 Å². The molecule has 2 nitrogen and oxygen atoms in total. The van der Waals surface area contributed by atoms with Crippen molar-refractivity contribution in [3.05, 3.63) is 35.4 Å². The Morgan fingerprint density at radius 1 is 1.25 bits per heavy atom. The zero-order chi connectivity index (χ0) is 12.0. The summed E-state index contributed by atoms with van der Waals surface area (Å²) >= 11 is 0. The number of rotatable bonds is 6. The Morgan fingerprint density at radius 2 is 1.88 bits per heavy atom. The molecular formula is C12H17F2NO. The fraction of sp³-hybridized carbons (Fsp3) is 0.500. The Labute approximate surface area is 94.6 Å². The van der Waals surface area contributed by atoms with Gasteiger partial charge in [0.1, 0.15) is 6.61 Å². The third kappa shape index (κ3) is 4.24. The van der Waals surface area contributed by atoms with Crippen LogP contribution in [0.25, 0.3) is 0 Å². The predicted molar refractivity (Wildman–Crippen MR) is 59.8 cm³/mol. The van der Waals surface area contributed by atoms with Crippen molar-refractivity contribution in [3.8, 4) is 0 Å². The molecular weight excluding hydrogens is 212 g/mol. The summed E-state index contributed by atoms with van der Waals surface area (Å²) in [4.78, 5) is 0. The maximum absolute atomic E-state index is 12.1. The van der Waals surface area contributed by atoms with Crippen LogP contribution in [0.2, 0.25) is 0 Å². The zero-order valence-electron chi connectivity index (χ0n) is 9.54. The van der Waals surface area contributed by atoms with E-state index in [4.69, 9.17) is 4.74 Å². The minimum atomic E-state index is -2.43. The molecule has 1 aromatic carbocycles. The maximum Gasteiger partial charge on any atom is 0.261 e. The highest BCUT2D eigenvalue weighted by Gasteiger charge is 2.13. The average molecular weight is 229 g/mol. The highest BCUT2D eigenvalue weighted by atomic mass is 19.3. The van der Waals surface area contributed by atoms with Crippen molar-refractivity contribution in [2.24, 2.45) is 0 Å². The molecule has 0 bridgehead atoms. The van der Waals surface area contributed by atoms with Crippen LogP contribution in [0.3, 0.4) is 0 Å². The Balaban J connectivity index is 2.64. The SMILES string of the molecule is CNCC(OCC(F)F)c1ccc(C)cc1. The standard InChI is InChI=1S/C12H17F2NO/c1-9-3-5-10(6-4-9)11(7-15-2)16-8-12(13)14/h3-6,11-12,15H,7-8H2,1-2H3. The van der Waals surface area contributed by atoms with Crippen LogP contribution in [0, 0.1) is 6.92 Å². The molecule has 1 rings (SSSR count). The van der Waals surface area contributed by atoms with E-state index in [2.05, 4.69) is 5.32 Å². The van der Waals surface area contributed by atoms with Crippen molar-refractivity contribution >= 4 is 0 Å². The number of alkyl halides is 2. The number of hydrogen-bond donors (Lipinski definition) is 1. The van der Waals surface area contributed by atoms with Crippen LogP contribution < -0.4 is 5.32 Å². The number of benzene rings is 1. The summed E-state index contributed by atoms with van der Waals surface area (Å²) in [6.45, 7) is 1.98. The molecule has 16 heavy (non-hydrogen) atoms. The van der Waals surface area contributed by atoms with Gasteiger partial charge in [0, 0.05) is 6.54 Å². The number of likely N-dealkylation sites (N-methyl/N-ethyl adjacent to an activating group) is 1. The lowest BCUT2D eigenvalue weighted by Crippen LogP contribution is -2.21. The molecule has 0 spiro atoms. The van der Waals surface area contributed by atoms with Crippen molar-refractivity contribution in [3.63, 3.8) is 0 Å². The van der Waals surface area contributed by atoms with Gasteiger partial charge in [-0.3, -0.25) is 0 Å². The van der Waals surface area contributed by atoms with E-state index in [1.54, 1.807) is 7.05 Å². The number of halogens is 2. The summed E-state index contributed by atoms with van der Waals surface area (Å²) < 4.78 is 29.3. The fourth-order valence-electron chi connectivity index (χ4n) is 1.43. The van der Waals surface area contributed by atoms with Crippen LogP contribution in [-0.4, -0.2) is 26.6 Å².